The molecule has 192 valence electrons. The van der Waals surface area contributed by atoms with E-state index in [2.05, 4.69) is 6.92 Å². The van der Waals surface area contributed by atoms with Gasteiger partial charge in [0.15, 0.2) is 0 Å². The topological polar surface area (TPSA) is 108 Å². The molecule has 0 heterocycles. The summed E-state index contributed by atoms with van der Waals surface area (Å²) in [5, 5.41) is 0. The summed E-state index contributed by atoms with van der Waals surface area (Å²) in [6.07, 6.45) is 19.0. The average Bonchev–Trinajstić information content (AvgIpc) is 2.78. The Balaban J connectivity index is 3.53. The van der Waals surface area contributed by atoms with Crippen LogP contribution in [0.25, 0.3) is 0 Å². The quantitative estimate of drug-likeness (QED) is 0.0944. The Hall–Kier alpha value is -0.460. The smallest absolute Gasteiger partial charge is 0.332 e. The van der Waals surface area contributed by atoms with Crippen molar-refractivity contribution in [3.8, 4) is 0 Å². The highest BCUT2D eigenvalue weighted by Crippen LogP contribution is 2.46. The minimum absolute atomic E-state index is 0.0443. The van der Waals surface area contributed by atoms with Crippen LogP contribution >= 0.6 is 7.60 Å². The van der Waals surface area contributed by atoms with Gasteiger partial charge in [-0.25, -0.2) is 0 Å². The zero-order valence-corrected chi connectivity index (χ0v) is 21.6. The number of carbonyl (C=O) groups is 1. The number of nitrogens with two attached hydrogens (primary N) is 1. The maximum atomic E-state index is 12.0. The number of hydrogen-bond donors (Lipinski definition) is 2. The van der Waals surface area contributed by atoms with Crippen LogP contribution in [0.4, 0.5) is 0 Å². The predicted molar refractivity (Wildman–Crippen MR) is 131 cm³/mol. The molecule has 0 bridgehead atoms. The lowest BCUT2D eigenvalue weighted by atomic mass is 10.0. The normalized spacial score (nSPS) is 15.2. The first-order valence-corrected chi connectivity index (χ1v) is 14.5. The van der Waals surface area contributed by atoms with Crippen LogP contribution in [-0.4, -0.2) is 49.5 Å². The number of hydrogen-bond acceptors (Lipinski definition) is 6. The second kappa shape index (κ2) is 22.3. The fraction of sp³-hybridized carbons (Fsp3) is 0.958. The molecule has 0 spiro atoms. The second-order valence-electron chi connectivity index (χ2n) is 8.82. The van der Waals surface area contributed by atoms with Crippen molar-refractivity contribution in [2.24, 2.45) is 5.73 Å². The largest absolute Gasteiger partial charge is 0.460 e. The molecular formula is C24H50NO6P. The third kappa shape index (κ3) is 19.0. The van der Waals surface area contributed by atoms with Gasteiger partial charge in [0.25, 0.3) is 6.47 Å². The summed E-state index contributed by atoms with van der Waals surface area (Å²) < 4.78 is 27.4. The van der Waals surface area contributed by atoms with Crippen LogP contribution in [0, 0.1) is 0 Å². The standard InChI is InChI=1S/C24H50NO6P/c1-3-4-5-6-7-8-9-10-11-12-13-14-15-16-17-18-29-20-24(30-22-26)21-31-32(27,28)23(2)19-25/h22-24H,3-21,25H2,1-2H3,(H,27,28). The summed E-state index contributed by atoms with van der Waals surface area (Å²) in [6.45, 7) is 4.70. The van der Waals surface area contributed by atoms with Crippen molar-refractivity contribution < 1.29 is 28.3 Å². The van der Waals surface area contributed by atoms with Crippen molar-refractivity contribution in [1.82, 2.24) is 0 Å². The lowest BCUT2D eigenvalue weighted by molar-refractivity contribution is -0.138. The van der Waals surface area contributed by atoms with Crippen LogP contribution < -0.4 is 5.73 Å². The van der Waals surface area contributed by atoms with E-state index in [1.807, 2.05) is 0 Å². The second-order valence-corrected chi connectivity index (χ2v) is 11.1. The molecular weight excluding hydrogens is 429 g/mol. The van der Waals surface area contributed by atoms with Gasteiger partial charge in [0, 0.05) is 13.2 Å². The van der Waals surface area contributed by atoms with Crippen LogP contribution in [0.2, 0.25) is 0 Å². The molecule has 0 aliphatic carbocycles. The highest BCUT2D eigenvalue weighted by atomic mass is 31.2. The molecule has 8 heteroatoms. The zero-order valence-electron chi connectivity index (χ0n) is 20.7. The summed E-state index contributed by atoms with van der Waals surface area (Å²) in [5.41, 5.74) is 4.74. The Bertz CT molecular complexity index is 466. The molecule has 32 heavy (non-hydrogen) atoms. The van der Waals surface area contributed by atoms with E-state index in [4.69, 9.17) is 19.7 Å². The fourth-order valence-electron chi connectivity index (χ4n) is 3.45. The molecule has 0 amide bonds. The van der Waals surface area contributed by atoms with Crippen LogP contribution in [0.3, 0.4) is 0 Å². The Kier molecular flexibility index (Phi) is 22.0. The molecule has 0 aliphatic rings. The van der Waals surface area contributed by atoms with Gasteiger partial charge in [0.2, 0.25) is 0 Å². The monoisotopic (exact) mass is 479 g/mol. The number of rotatable bonds is 25. The maximum Gasteiger partial charge on any atom is 0.332 e. The minimum Gasteiger partial charge on any atom is -0.460 e. The summed E-state index contributed by atoms with van der Waals surface area (Å²) >= 11 is 0. The van der Waals surface area contributed by atoms with Crippen LogP contribution in [0.15, 0.2) is 0 Å². The zero-order chi connectivity index (χ0) is 23.9. The number of ether oxygens (including phenoxy) is 2. The van der Waals surface area contributed by atoms with E-state index in [0.717, 1.165) is 12.8 Å². The lowest BCUT2D eigenvalue weighted by Crippen LogP contribution is -2.27. The van der Waals surface area contributed by atoms with Gasteiger partial charge in [-0.1, -0.05) is 96.8 Å². The van der Waals surface area contributed by atoms with Crippen molar-refractivity contribution in [3.63, 3.8) is 0 Å². The average molecular weight is 480 g/mol. The van der Waals surface area contributed by atoms with Gasteiger partial charge in [0.05, 0.1) is 18.9 Å². The van der Waals surface area contributed by atoms with E-state index >= 15 is 0 Å². The van der Waals surface area contributed by atoms with Gasteiger partial charge < -0.3 is 24.6 Å². The number of carbonyl (C=O) groups excluding carboxylic acids is 1. The molecule has 3 atom stereocenters. The molecule has 0 fully saturated rings. The summed E-state index contributed by atoms with van der Waals surface area (Å²) in [5.74, 6) is 0. The van der Waals surface area contributed by atoms with E-state index in [1.54, 1.807) is 6.92 Å². The Morgan fingerprint density at radius 3 is 1.75 bits per heavy atom. The summed E-state index contributed by atoms with van der Waals surface area (Å²) in [4.78, 5) is 20.4. The van der Waals surface area contributed by atoms with Crippen molar-refractivity contribution in [2.45, 2.75) is 122 Å². The van der Waals surface area contributed by atoms with Crippen LogP contribution in [0.5, 0.6) is 0 Å². The predicted octanol–water partition coefficient (Wildman–Crippen LogP) is 5.97. The molecule has 0 aromatic rings. The van der Waals surface area contributed by atoms with Gasteiger partial charge in [-0.15, -0.1) is 0 Å². The highest BCUT2D eigenvalue weighted by Gasteiger charge is 2.28. The van der Waals surface area contributed by atoms with Crippen molar-refractivity contribution in [2.75, 3.05) is 26.4 Å². The van der Waals surface area contributed by atoms with E-state index < -0.39 is 19.4 Å². The SMILES string of the molecule is CCCCCCCCCCCCCCCCCOCC(COP(=O)(O)C(C)CN)OC=O. The Labute approximate surface area is 196 Å². The van der Waals surface area contributed by atoms with Gasteiger partial charge in [-0.3, -0.25) is 9.36 Å². The molecule has 0 aromatic carbocycles. The fourth-order valence-corrected chi connectivity index (χ4v) is 4.35. The maximum absolute atomic E-state index is 12.0. The van der Waals surface area contributed by atoms with Crippen molar-refractivity contribution in [1.29, 1.82) is 0 Å². The van der Waals surface area contributed by atoms with Gasteiger partial charge in [-0.2, -0.15) is 0 Å². The Morgan fingerprint density at radius 2 is 1.31 bits per heavy atom. The van der Waals surface area contributed by atoms with E-state index in [-0.39, 0.29) is 19.8 Å². The summed E-state index contributed by atoms with van der Waals surface area (Å²) in [6, 6.07) is 0. The van der Waals surface area contributed by atoms with Gasteiger partial charge in [-0.05, 0) is 13.3 Å². The number of unbranched alkanes of at least 4 members (excludes halogenated alkanes) is 14. The van der Waals surface area contributed by atoms with E-state index in [0.29, 0.717) is 13.1 Å². The molecule has 0 saturated heterocycles. The Morgan fingerprint density at radius 1 is 0.844 bits per heavy atom. The molecule has 0 saturated carbocycles. The van der Waals surface area contributed by atoms with E-state index in [1.165, 1.54) is 83.5 Å². The first kappa shape index (κ1) is 31.5. The first-order chi connectivity index (χ1) is 15.5. The van der Waals surface area contributed by atoms with Crippen molar-refractivity contribution >= 4 is 14.1 Å². The van der Waals surface area contributed by atoms with Crippen LogP contribution in [0.1, 0.15) is 110 Å². The van der Waals surface area contributed by atoms with E-state index in [9.17, 15) is 14.3 Å². The third-order valence-electron chi connectivity index (χ3n) is 5.79. The molecule has 7 nitrogen and oxygen atoms in total. The lowest BCUT2D eigenvalue weighted by Gasteiger charge is -2.21. The molecule has 3 N–H and O–H groups in total. The van der Waals surface area contributed by atoms with Gasteiger partial charge in [0.1, 0.15) is 6.10 Å². The minimum atomic E-state index is -3.81. The van der Waals surface area contributed by atoms with Crippen LogP contribution in [-0.2, 0) is 23.4 Å². The molecule has 0 aliphatic heterocycles. The third-order valence-corrected chi connectivity index (χ3v) is 7.63. The molecule has 0 radical (unpaired) electrons. The molecule has 0 aromatic heterocycles. The first-order valence-electron chi connectivity index (χ1n) is 12.8. The molecule has 0 rings (SSSR count). The summed E-state index contributed by atoms with van der Waals surface area (Å²) in [7, 11) is -3.81. The molecule has 3 unspecified atom stereocenters. The van der Waals surface area contributed by atoms with Crippen molar-refractivity contribution in [3.05, 3.63) is 0 Å². The highest BCUT2D eigenvalue weighted by molar-refractivity contribution is 7.53. The van der Waals surface area contributed by atoms with Gasteiger partial charge >= 0.3 is 7.60 Å².